The topological polar surface area (TPSA) is 42.2 Å². The number of nitrogens with zero attached hydrogens (tertiary/aromatic N) is 1. The summed E-state index contributed by atoms with van der Waals surface area (Å²) in [5.41, 5.74) is -0.199. The number of hydrogen-bond acceptors (Lipinski definition) is 3. The standard InChI is InChI=1S/C11H19NO2/c1-13-10(14-2)8-11(9-12)6-4-3-5-7-11/h10H,3-8H2,1-2H3. The summed E-state index contributed by atoms with van der Waals surface area (Å²) in [6.45, 7) is 0. The number of hydrogen-bond donors (Lipinski definition) is 0. The van der Waals surface area contributed by atoms with E-state index < -0.39 is 0 Å². The normalized spacial score (nSPS) is 20.7. The Labute approximate surface area is 86.0 Å². The van der Waals surface area contributed by atoms with Crippen molar-refractivity contribution in [2.24, 2.45) is 5.41 Å². The van der Waals surface area contributed by atoms with Crippen LogP contribution in [0.3, 0.4) is 0 Å². The van der Waals surface area contributed by atoms with Gasteiger partial charge in [0.05, 0.1) is 11.5 Å². The maximum absolute atomic E-state index is 9.22. The molecular weight excluding hydrogens is 178 g/mol. The van der Waals surface area contributed by atoms with E-state index in [1.54, 1.807) is 14.2 Å². The Morgan fingerprint density at radius 1 is 1.21 bits per heavy atom. The van der Waals surface area contributed by atoms with E-state index in [0.29, 0.717) is 6.42 Å². The van der Waals surface area contributed by atoms with Gasteiger partial charge in [0.25, 0.3) is 0 Å². The highest BCUT2D eigenvalue weighted by Gasteiger charge is 2.34. The van der Waals surface area contributed by atoms with E-state index in [9.17, 15) is 5.26 Å². The predicted molar refractivity (Wildman–Crippen MR) is 53.6 cm³/mol. The van der Waals surface area contributed by atoms with Gasteiger partial charge in [-0.15, -0.1) is 0 Å². The molecule has 1 saturated carbocycles. The number of ether oxygens (including phenoxy) is 2. The van der Waals surface area contributed by atoms with E-state index in [0.717, 1.165) is 25.7 Å². The highest BCUT2D eigenvalue weighted by molar-refractivity contribution is 5.00. The second-order valence-corrected chi connectivity index (χ2v) is 4.06. The first-order valence-corrected chi connectivity index (χ1v) is 5.23. The van der Waals surface area contributed by atoms with Crippen LogP contribution in [0.2, 0.25) is 0 Å². The van der Waals surface area contributed by atoms with E-state index >= 15 is 0 Å². The molecule has 3 heteroatoms. The summed E-state index contributed by atoms with van der Waals surface area (Å²) in [5.74, 6) is 0. The van der Waals surface area contributed by atoms with Crippen molar-refractivity contribution in [1.29, 1.82) is 5.26 Å². The van der Waals surface area contributed by atoms with Crippen LogP contribution < -0.4 is 0 Å². The monoisotopic (exact) mass is 197 g/mol. The van der Waals surface area contributed by atoms with Gasteiger partial charge in [-0.05, 0) is 12.8 Å². The van der Waals surface area contributed by atoms with Crippen LogP contribution >= 0.6 is 0 Å². The second-order valence-electron chi connectivity index (χ2n) is 4.06. The van der Waals surface area contributed by atoms with Crippen LogP contribution in [0.4, 0.5) is 0 Å². The number of nitriles is 1. The van der Waals surface area contributed by atoms with Crippen molar-refractivity contribution in [3.8, 4) is 6.07 Å². The van der Waals surface area contributed by atoms with Crippen LogP contribution in [0.5, 0.6) is 0 Å². The van der Waals surface area contributed by atoms with Gasteiger partial charge in [0, 0.05) is 20.6 Å². The van der Waals surface area contributed by atoms with Crippen LogP contribution in [-0.2, 0) is 9.47 Å². The van der Waals surface area contributed by atoms with Gasteiger partial charge >= 0.3 is 0 Å². The van der Waals surface area contributed by atoms with Crippen molar-refractivity contribution < 1.29 is 9.47 Å². The van der Waals surface area contributed by atoms with E-state index in [1.165, 1.54) is 6.42 Å². The molecule has 0 amide bonds. The molecule has 0 bridgehead atoms. The zero-order valence-electron chi connectivity index (χ0n) is 9.08. The van der Waals surface area contributed by atoms with Crippen molar-refractivity contribution in [2.45, 2.75) is 44.8 Å². The minimum Gasteiger partial charge on any atom is -0.356 e. The average Bonchev–Trinajstić information content (AvgIpc) is 2.27. The lowest BCUT2D eigenvalue weighted by molar-refractivity contribution is -0.123. The first-order valence-electron chi connectivity index (χ1n) is 5.23. The van der Waals surface area contributed by atoms with Crippen LogP contribution in [0, 0.1) is 16.7 Å². The van der Waals surface area contributed by atoms with Crippen molar-refractivity contribution in [3.63, 3.8) is 0 Å². The molecular formula is C11H19NO2. The predicted octanol–water partition coefficient (Wildman–Crippen LogP) is 2.47. The number of rotatable bonds is 4. The first kappa shape index (κ1) is 11.5. The molecule has 1 rings (SSSR count). The molecule has 0 unspecified atom stereocenters. The van der Waals surface area contributed by atoms with Gasteiger partial charge in [0.15, 0.2) is 6.29 Å². The lowest BCUT2D eigenvalue weighted by Gasteiger charge is -2.32. The molecule has 0 heterocycles. The molecule has 0 aromatic heterocycles. The molecule has 1 aliphatic carbocycles. The maximum atomic E-state index is 9.22. The Kier molecular flexibility index (Phi) is 4.37. The van der Waals surface area contributed by atoms with Crippen molar-refractivity contribution in [3.05, 3.63) is 0 Å². The Bertz CT molecular complexity index is 200. The molecule has 1 fully saturated rings. The molecule has 0 spiro atoms. The van der Waals surface area contributed by atoms with Gasteiger partial charge in [-0.3, -0.25) is 0 Å². The van der Waals surface area contributed by atoms with Crippen LogP contribution in [0.1, 0.15) is 38.5 Å². The van der Waals surface area contributed by atoms with Gasteiger partial charge in [-0.2, -0.15) is 5.26 Å². The molecule has 3 nitrogen and oxygen atoms in total. The van der Waals surface area contributed by atoms with E-state index in [4.69, 9.17) is 9.47 Å². The zero-order valence-corrected chi connectivity index (χ0v) is 9.08. The molecule has 0 N–H and O–H groups in total. The highest BCUT2D eigenvalue weighted by atomic mass is 16.7. The summed E-state index contributed by atoms with van der Waals surface area (Å²) >= 11 is 0. The van der Waals surface area contributed by atoms with E-state index in [2.05, 4.69) is 6.07 Å². The molecule has 14 heavy (non-hydrogen) atoms. The largest absolute Gasteiger partial charge is 0.356 e. The van der Waals surface area contributed by atoms with Gasteiger partial charge in [0.1, 0.15) is 0 Å². The van der Waals surface area contributed by atoms with Gasteiger partial charge in [0.2, 0.25) is 0 Å². The van der Waals surface area contributed by atoms with Crippen molar-refractivity contribution >= 4 is 0 Å². The lowest BCUT2D eigenvalue weighted by atomic mass is 9.73. The Balaban J connectivity index is 2.56. The molecule has 80 valence electrons. The second kappa shape index (κ2) is 5.33. The van der Waals surface area contributed by atoms with Crippen molar-refractivity contribution in [1.82, 2.24) is 0 Å². The van der Waals surface area contributed by atoms with E-state index in [1.807, 2.05) is 0 Å². The molecule has 0 aromatic carbocycles. The van der Waals surface area contributed by atoms with Gasteiger partial charge in [-0.25, -0.2) is 0 Å². The smallest absolute Gasteiger partial charge is 0.158 e. The summed E-state index contributed by atoms with van der Waals surface area (Å²) in [7, 11) is 3.25. The third kappa shape index (κ3) is 2.70. The fourth-order valence-corrected chi connectivity index (χ4v) is 2.17. The fraction of sp³-hybridized carbons (Fsp3) is 0.909. The fourth-order valence-electron chi connectivity index (χ4n) is 2.17. The molecule has 1 aliphatic rings. The van der Waals surface area contributed by atoms with E-state index in [-0.39, 0.29) is 11.7 Å². The maximum Gasteiger partial charge on any atom is 0.158 e. The Morgan fingerprint density at radius 2 is 1.79 bits per heavy atom. The first-order chi connectivity index (χ1) is 6.76. The van der Waals surface area contributed by atoms with Crippen molar-refractivity contribution in [2.75, 3.05) is 14.2 Å². The summed E-state index contributed by atoms with van der Waals surface area (Å²) in [6.07, 6.45) is 6.04. The van der Waals surface area contributed by atoms with Gasteiger partial charge in [-0.1, -0.05) is 19.3 Å². The summed E-state index contributed by atoms with van der Waals surface area (Å²) < 4.78 is 10.3. The summed E-state index contributed by atoms with van der Waals surface area (Å²) in [4.78, 5) is 0. The summed E-state index contributed by atoms with van der Waals surface area (Å²) in [6, 6.07) is 2.46. The molecule has 0 saturated heterocycles. The van der Waals surface area contributed by atoms with Crippen LogP contribution in [0.15, 0.2) is 0 Å². The third-order valence-corrected chi connectivity index (χ3v) is 3.13. The third-order valence-electron chi connectivity index (χ3n) is 3.13. The highest BCUT2D eigenvalue weighted by Crippen LogP contribution is 2.39. The molecule has 0 atom stereocenters. The zero-order chi connectivity index (χ0) is 10.4. The summed E-state index contributed by atoms with van der Waals surface area (Å²) in [5, 5.41) is 9.22. The molecule has 0 aliphatic heterocycles. The molecule has 0 radical (unpaired) electrons. The SMILES string of the molecule is COC(CC1(C#N)CCCCC1)OC. The van der Waals surface area contributed by atoms with Gasteiger partial charge < -0.3 is 9.47 Å². The minimum atomic E-state index is -0.229. The Morgan fingerprint density at radius 3 is 2.21 bits per heavy atom. The quantitative estimate of drug-likeness (QED) is 0.650. The molecule has 0 aromatic rings. The van der Waals surface area contributed by atoms with Crippen LogP contribution in [-0.4, -0.2) is 20.5 Å². The van der Waals surface area contributed by atoms with Crippen LogP contribution in [0.25, 0.3) is 0 Å². The minimum absolute atomic E-state index is 0.199. The lowest BCUT2D eigenvalue weighted by Crippen LogP contribution is -2.29. The average molecular weight is 197 g/mol. The Hall–Kier alpha value is -0.590. The number of methoxy groups -OCH3 is 2.